The Morgan fingerprint density at radius 3 is 2.83 bits per heavy atom. The van der Waals surface area contributed by atoms with Crippen LogP contribution in [0.5, 0.6) is 0 Å². The predicted octanol–water partition coefficient (Wildman–Crippen LogP) is 3.18. The topological polar surface area (TPSA) is 45.2 Å². The van der Waals surface area contributed by atoms with Crippen LogP contribution in [0, 0.1) is 6.92 Å². The lowest BCUT2D eigenvalue weighted by molar-refractivity contribution is 0.0743. The fourth-order valence-corrected chi connectivity index (χ4v) is 4.17. The molecule has 122 valence electrons. The van der Waals surface area contributed by atoms with Crippen LogP contribution in [0.25, 0.3) is 0 Å². The molecule has 1 aliphatic heterocycles. The normalized spacial score (nSPS) is 17.4. The molecule has 0 radical (unpaired) electrons. The number of rotatable bonds is 5. The Morgan fingerprint density at radius 1 is 1.43 bits per heavy atom. The summed E-state index contributed by atoms with van der Waals surface area (Å²) >= 11 is 3.43. The molecule has 0 aliphatic carbocycles. The van der Waals surface area contributed by atoms with Crippen molar-refractivity contribution < 1.29 is 4.79 Å². The summed E-state index contributed by atoms with van der Waals surface area (Å²) in [5, 5.41) is 6.51. The highest BCUT2D eigenvalue weighted by Gasteiger charge is 2.23. The lowest BCUT2D eigenvalue weighted by atomic mass is 10.1. The summed E-state index contributed by atoms with van der Waals surface area (Å²) in [5.74, 6) is 0.969. The van der Waals surface area contributed by atoms with Crippen LogP contribution in [0.2, 0.25) is 0 Å². The molecule has 1 atom stereocenters. The third kappa shape index (κ3) is 4.13. The van der Waals surface area contributed by atoms with Crippen LogP contribution in [-0.2, 0) is 5.75 Å². The van der Waals surface area contributed by atoms with E-state index in [1.54, 1.807) is 23.1 Å². The maximum absolute atomic E-state index is 12.5. The Balaban J connectivity index is 1.58. The monoisotopic (exact) mass is 347 g/mol. The van der Waals surface area contributed by atoms with Gasteiger partial charge in [0.05, 0.1) is 10.7 Å². The van der Waals surface area contributed by atoms with Gasteiger partial charge in [-0.1, -0.05) is 0 Å². The molecule has 0 saturated carbocycles. The van der Waals surface area contributed by atoms with Gasteiger partial charge in [-0.3, -0.25) is 4.79 Å². The van der Waals surface area contributed by atoms with Crippen molar-refractivity contribution in [3.63, 3.8) is 0 Å². The second-order valence-corrected chi connectivity index (χ2v) is 7.84. The van der Waals surface area contributed by atoms with Crippen LogP contribution in [-0.4, -0.2) is 42.0 Å². The number of hydrogen-bond donors (Lipinski definition) is 1. The summed E-state index contributed by atoms with van der Waals surface area (Å²) < 4.78 is 0. The van der Waals surface area contributed by atoms with Gasteiger partial charge in [-0.05, 0) is 44.2 Å². The Bertz CT molecular complexity index is 663. The summed E-state index contributed by atoms with van der Waals surface area (Å²) in [4.78, 5) is 20.0. The van der Waals surface area contributed by atoms with Gasteiger partial charge in [0.2, 0.25) is 0 Å². The van der Waals surface area contributed by atoms with Crippen LogP contribution in [0.1, 0.15) is 27.5 Å². The molecule has 3 rings (SSSR count). The van der Waals surface area contributed by atoms with Gasteiger partial charge in [-0.25, -0.2) is 4.98 Å². The summed E-state index contributed by atoms with van der Waals surface area (Å²) in [6, 6.07) is 8.21. The molecule has 1 N–H and O–H groups in total. The minimum atomic E-state index is 0.102. The molecule has 1 aliphatic rings. The number of thioether (sulfide) groups is 1. The molecule has 0 spiro atoms. The average molecular weight is 348 g/mol. The fraction of sp³-hybridized carbons (Fsp3) is 0.412. The highest BCUT2D eigenvalue weighted by molar-refractivity contribution is 7.98. The van der Waals surface area contributed by atoms with Gasteiger partial charge in [-0.2, -0.15) is 0 Å². The van der Waals surface area contributed by atoms with E-state index in [-0.39, 0.29) is 5.91 Å². The van der Waals surface area contributed by atoms with Crippen LogP contribution in [0.4, 0.5) is 0 Å². The number of hydrogen-bond acceptors (Lipinski definition) is 5. The second-order valence-electron chi connectivity index (χ2n) is 5.73. The largest absolute Gasteiger partial charge is 0.337 e. The number of thiazole rings is 1. The quantitative estimate of drug-likeness (QED) is 0.844. The van der Waals surface area contributed by atoms with Crippen LogP contribution >= 0.6 is 23.1 Å². The van der Waals surface area contributed by atoms with Gasteiger partial charge in [0.1, 0.15) is 0 Å². The van der Waals surface area contributed by atoms with E-state index in [1.807, 2.05) is 43.1 Å². The molecular formula is C17H21N3OS2. The summed E-state index contributed by atoms with van der Waals surface area (Å²) in [7, 11) is 1.90. The maximum atomic E-state index is 12.5. The Morgan fingerprint density at radius 2 is 2.22 bits per heavy atom. The van der Waals surface area contributed by atoms with Gasteiger partial charge < -0.3 is 10.2 Å². The van der Waals surface area contributed by atoms with Crippen molar-refractivity contribution in [2.24, 2.45) is 0 Å². The SMILES string of the molecule is Cc1nc(CSc2ccc(C(=O)N(C)C3CCNC3)cc2)cs1. The Hall–Kier alpha value is -1.37. The van der Waals surface area contributed by atoms with E-state index in [9.17, 15) is 4.79 Å². The number of aryl methyl sites for hydroxylation is 1. The highest BCUT2D eigenvalue weighted by Crippen LogP contribution is 2.24. The molecule has 1 unspecified atom stereocenters. The molecule has 4 nitrogen and oxygen atoms in total. The molecule has 1 saturated heterocycles. The van der Waals surface area contributed by atoms with Gasteiger partial charge >= 0.3 is 0 Å². The zero-order valence-corrected chi connectivity index (χ0v) is 15.0. The summed E-state index contributed by atoms with van der Waals surface area (Å²) in [6.07, 6.45) is 1.03. The van der Waals surface area contributed by atoms with Gasteiger partial charge in [-0.15, -0.1) is 23.1 Å². The molecule has 2 heterocycles. The first-order chi connectivity index (χ1) is 11.1. The van der Waals surface area contributed by atoms with Gasteiger partial charge in [0, 0.05) is 41.2 Å². The molecule has 6 heteroatoms. The minimum Gasteiger partial charge on any atom is -0.337 e. The highest BCUT2D eigenvalue weighted by atomic mass is 32.2. The molecular weight excluding hydrogens is 326 g/mol. The van der Waals surface area contributed by atoms with Crippen molar-refractivity contribution in [3.05, 3.63) is 45.9 Å². The number of amides is 1. The summed E-state index contributed by atoms with van der Waals surface area (Å²) in [5.41, 5.74) is 1.87. The van der Waals surface area contributed by atoms with Crippen molar-refractivity contribution >= 4 is 29.0 Å². The minimum absolute atomic E-state index is 0.102. The molecule has 1 aromatic heterocycles. The van der Waals surface area contributed by atoms with Gasteiger partial charge in [0.25, 0.3) is 5.91 Å². The zero-order valence-electron chi connectivity index (χ0n) is 13.4. The van der Waals surface area contributed by atoms with E-state index in [0.29, 0.717) is 6.04 Å². The number of carbonyl (C=O) groups excluding carboxylic acids is 1. The van der Waals surface area contributed by atoms with Crippen LogP contribution in [0.15, 0.2) is 34.5 Å². The third-order valence-corrected chi connectivity index (χ3v) is 5.92. The molecule has 1 fully saturated rings. The first kappa shape index (κ1) is 16.5. The first-order valence-electron chi connectivity index (χ1n) is 7.75. The molecule has 0 bridgehead atoms. The van der Waals surface area contributed by atoms with E-state index in [0.717, 1.165) is 46.4 Å². The van der Waals surface area contributed by atoms with E-state index in [4.69, 9.17) is 0 Å². The van der Waals surface area contributed by atoms with E-state index < -0.39 is 0 Å². The van der Waals surface area contributed by atoms with Crippen molar-refractivity contribution in [2.75, 3.05) is 20.1 Å². The number of likely N-dealkylation sites (N-methyl/N-ethyl adjacent to an activating group) is 1. The molecule has 2 aromatic rings. The number of nitrogens with zero attached hydrogens (tertiary/aromatic N) is 2. The lowest BCUT2D eigenvalue weighted by Crippen LogP contribution is -2.38. The smallest absolute Gasteiger partial charge is 0.253 e. The number of benzene rings is 1. The van der Waals surface area contributed by atoms with Crippen molar-refractivity contribution in [1.82, 2.24) is 15.2 Å². The third-order valence-electron chi connectivity index (χ3n) is 4.06. The molecule has 1 aromatic carbocycles. The van der Waals surface area contributed by atoms with Crippen molar-refractivity contribution in [1.29, 1.82) is 0 Å². The first-order valence-corrected chi connectivity index (χ1v) is 9.62. The van der Waals surface area contributed by atoms with E-state index in [1.165, 1.54) is 0 Å². The number of aromatic nitrogens is 1. The number of carbonyl (C=O) groups is 1. The van der Waals surface area contributed by atoms with Crippen LogP contribution < -0.4 is 5.32 Å². The Kier molecular flexibility index (Phi) is 5.35. The molecule has 23 heavy (non-hydrogen) atoms. The Labute approximate surface area is 145 Å². The zero-order chi connectivity index (χ0) is 16.2. The van der Waals surface area contributed by atoms with Gasteiger partial charge in [0.15, 0.2) is 0 Å². The van der Waals surface area contributed by atoms with Crippen molar-refractivity contribution in [3.8, 4) is 0 Å². The lowest BCUT2D eigenvalue weighted by Gasteiger charge is -2.23. The maximum Gasteiger partial charge on any atom is 0.253 e. The van der Waals surface area contributed by atoms with E-state index >= 15 is 0 Å². The predicted molar refractivity (Wildman–Crippen MR) is 96.2 cm³/mol. The molecule has 1 amide bonds. The second kappa shape index (κ2) is 7.47. The number of nitrogens with one attached hydrogen (secondary N) is 1. The fourth-order valence-electron chi connectivity index (χ4n) is 2.66. The standard InChI is InChI=1S/C17H21N3OS2/c1-12-19-14(10-22-12)11-23-16-5-3-13(4-6-16)17(21)20(2)15-7-8-18-9-15/h3-6,10,15,18H,7-9,11H2,1-2H3. The van der Waals surface area contributed by atoms with E-state index in [2.05, 4.69) is 15.7 Å². The van der Waals surface area contributed by atoms with Crippen molar-refractivity contribution in [2.45, 2.75) is 30.0 Å². The summed E-state index contributed by atoms with van der Waals surface area (Å²) in [6.45, 7) is 3.91. The van der Waals surface area contributed by atoms with Crippen LogP contribution in [0.3, 0.4) is 0 Å². The average Bonchev–Trinajstić information content (AvgIpc) is 3.24.